The molecule has 3 heteroatoms. The van der Waals surface area contributed by atoms with Crippen LogP contribution in [0.1, 0.15) is 66.7 Å². The van der Waals surface area contributed by atoms with E-state index in [1.54, 1.807) is 0 Å². The lowest BCUT2D eigenvalue weighted by Gasteiger charge is -2.43. The molecule has 0 aromatic carbocycles. The van der Waals surface area contributed by atoms with Crippen molar-refractivity contribution < 1.29 is 14.9 Å². The number of aliphatic hydroxyl groups is 2. The fourth-order valence-electron chi connectivity index (χ4n) is 7.03. The Kier molecular flexibility index (Phi) is 4.96. The van der Waals surface area contributed by atoms with Gasteiger partial charge in [-0.25, -0.2) is 0 Å². The smallest absolute Gasteiger partial charge is 0.175 e. The Bertz CT molecular complexity index is 713. The van der Waals surface area contributed by atoms with E-state index in [0.717, 1.165) is 12.8 Å². The van der Waals surface area contributed by atoms with E-state index < -0.39 is 11.4 Å². The van der Waals surface area contributed by atoms with Crippen LogP contribution < -0.4 is 0 Å². The molecule has 3 fully saturated rings. The summed E-state index contributed by atoms with van der Waals surface area (Å²) in [4.78, 5) is 0. The molecule has 3 nitrogen and oxygen atoms in total. The summed E-state index contributed by atoms with van der Waals surface area (Å²) < 4.78 is 5.84. The van der Waals surface area contributed by atoms with Crippen LogP contribution in [0.25, 0.3) is 0 Å². The van der Waals surface area contributed by atoms with Crippen LogP contribution in [0.5, 0.6) is 0 Å². The van der Waals surface area contributed by atoms with Gasteiger partial charge in [0, 0.05) is 12.3 Å². The summed E-state index contributed by atoms with van der Waals surface area (Å²) in [5.74, 6) is 0.729. The predicted octanol–water partition coefficient (Wildman–Crippen LogP) is 5.00. The molecular formula is C25H38O3. The van der Waals surface area contributed by atoms with E-state index in [1.807, 2.05) is 6.92 Å². The van der Waals surface area contributed by atoms with Gasteiger partial charge in [-0.2, -0.15) is 0 Å². The van der Waals surface area contributed by atoms with Gasteiger partial charge < -0.3 is 14.9 Å². The van der Waals surface area contributed by atoms with Crippen molar-refractivity contribution in [1.82, 2.24) is 0 Å². The summed E-state index contributed by atoms with van der Waals surface area (Å²) in [6.07, 6.45) is 14.0. The number of fused-ring (bicyclic) bond motifs is 1. The minimum absolute atomic E-state index is 0.0330. The molecule has 156 valence electrons. The highest BCUT2D eigenvalue weighted by atomic mass is 16.6. The van der Waals surface area contributed by atoms with Crippen molar-refractivity contribution in [1.29, 1.82) is 0 Å². The van der Waals surface area contributed by atoms with E-state index in [0.29, 0.717) is 30.8 Å². The molecule has 8 atom stereocenters. The SMILES string of the molecule is CC(C)=C/C=C\[C@H](C)[C@H]1CC[C@]2(C)C[C@H]3[C@@H]4C(=CC[C@@H]12)COC4(O)C[C@@]3(C)O. The Hall–Kier alpha value is -0.900. The molecule has 1 aliphatic heterocycles. The summed E-state index contributed by atoms with van der Waals surface area (Å²) >= 11 is 0. The molecule has 1 saturated heterocycles. The van der Waals surface area contributed by atoms with E-state index in [9.17, 15) is 10.2 Å². The van der Waals surface area contributed by atoms with Gasteiger partial charge in [0.05, 0.1) is 12.2 Å². The molecule has 2 saturated carbocycles. The third-order valence-electron chi connectivity index (χ3n) is 8.49. The van der Waals surface area contributed by atoms with Crippen molar-refractivity contribution in [3.8, 4) is 0 Å². The number of rotatable bonds is 3. The van der Waals surface area contributed by atoms with Crippen molar-refractivity contribution in [2.24, 2.45) is 35.0 Å². The molecule has 3 aliphatic carbocycles. The normalized spacial score (nSPS) is 48.6. The second-order valence-corrected chi connectivity index (χ2v) is 10.9. The Morgan fingerprint density at radius 3 is 2.71 bits per heavy atom. The van der Waals surface area contributed by atoms with Gasteiger partial charge in [-0.1, -0.05) is 43.7 Å². The summed E-state index contributed by atoms with van der Waals surface area (Å²) in [6, 6.07) is 0. The molecule has 0 aromatic heterocycles. The first-order valence-electron chi connectivity index (χ1n) is 11.2. The maximum atomic E-state index is 11.2. The van der Waals surface area contributed by atoms with Crippen molar-refractivity contribution in [2.45, 2.75) is 78.1 Å². The molecule has 28 heavy (non-hydrogen) atoms. The quantitative estimate of drug-likeness (QED) is 0.530. The lowest BCUT2D eigenvalue weighted by molar-refractivity contribution is -0.191. The first-order chi connectivity index (χ1) is 13.1. The maximum Gasteiger partial charge on any atom is 0.175 e. The van der Waals surface area contributed by atoms with Crippen molar-refractivity contribution in [3.63, 3.8) is 0 Å². The van der Waals surface area contributed by atoms with Gasteiger partial charge in [-0.15, -0.1) is 0 Å². The third-order valence-corrected chi connectivity index (χ3v) is 8.49. The molecule has 0 radical (unpaired) electrons. The van der Waals surface area contributed by atoms with Gasteiger partial charge in [-0.05, 0) is 81.1 Å². The molecule has 0 amide bonds. The van der Waals surface area contributed by atoms with Crippen LogP contribution in [0.3, 0.4) is 0 Å². The van der Waals surface area contributed by atoms with Crippen LogP contribution in [0.4, 0.5) is 0 Å². The van der Waals surface area contributed by atoms with Crippen LogP contribution >= 0.6 is 0 Å². The summed E-state index contributed by atoms with van der Waals surface area (Å²) in [5, 5.41) is 22.2. The molecule has 4 aliphatic rings. The fraction of sp³-hybridized carbons (Fsp3) is 0.760. The van der Waals surface area contributed by atoms with Crippen molar-refractivity contribution in [3.05, 3.63) is 35.5 Å². The maximum absolute atomic E-state index is 11.2. The van der Waals surface area contributed by atoms with Crippen LogP contribution in [-0.4, -0.2) is 28.2 Å². The number of hydrogen-bond donors (Lipinski definition) is 2. The van der Waals surface area contributed by atoms with Crippen molar-refractivity contribution in [2.75, 3.05) is 6.61 Å². The molecular weight excluding hydrogens is 348 g/mol. The second kappa shape index (κ2) is 6.82. The molecule has 1 heterocycles. The summed E-state index contributed by atoms with van der Waals surface area (Å²) in [5.41, 5.74) is 1.91. The first kappa shape index (κ1) is 20.4. The predicted molar refractivity (Wildman–Crippen MR) is 112 cm³/mol. The highest BCUT2D eigenvalue weighted by Gasteiger charge is 2.65. The molecule has 0 bridgehead atoms. The van der Waals surface area contributed by atoms with E-state index >= 15 is 0 Å². The van der Waals surface area contributed by atoms with Crippen LogP contribution in [0.2, 0.25) is 0 Å². The highest BCUT2D eigenvalue weighted by molar-refractivity contribution is 5.26. The van der Waals surface area contributed by atoms with Crippen molar-refractivity contribution >= 4 is 0 Å². The van der Waals surface area contributed by atoms with Crippen LogP contribution in [0, 0.1) is 35.0 Å². The third kappa shape index (κ3) is 3.24. The Morgan fingerprint density at radius 1 is 1.25 bits per heavy atom. The Balaban J connectivity index is 1.63. The van der Waals surface area contributed by atoms with Gasteiger partial charge in [-0.3, -0.25) is 0 Å². The number of hydrogen-bond acceptors (Lipinski definition) is 3. The van der Waals surface area contributed by atoms with Gasteiger partial charge in [0.25, 0.3) is 0 Å². The van der Waals surface area contributed by atoms with Crippen LogP contribution in [0.15, 0.2) is 35.5 Å². The van der Waals surface area contributed by atoms with E-state index in [1.165, 1.54) is 24.0 Å². The van der Waals surface area contributed by atoms with Gasteiger partial charge >= 0.3 is 0 Å². The zero-order valence-electron chi connectivity index (χ0n) is 18.2. The monoisotopic (exact) mass is 386 g/mol. The molecule has 4 rings (SSSR count). The second-order valence-electron chi connectivity index (χ2n) is 10.9. The standard InChI is InChI=1S/C25H38O3/c1-16(2)7-6-8-17(3)19-11-12-23(4)13-21-22-18(9-10-20(19)23)14-28-25(22,27)15-24(21,5)26/h6-9,17,19-22,26-27H,10-15H2,1-5H3/b8-6-,18-9?/t17-,19+,20-,21-,22-,23+,24+,25?/m0/s1. The average molecular weight is 387 g/mol. The molecule has 0 spiro atoms. The van der Waals surface area contributed by atoms with Gasteiger partial charge in [0.2, 0.25) is 0 Å². The molecule has 1 unspecified atom stereocenters. The summed E-state index contributed by atoms with van der Waals surface area (Å²) in [6.45, 7) is 11.5. The molecule has 0 aromatic rings. The average Bonchev–Trinajstić information content (AvgIpc) is 3.11. The topological polar surface area (TPSA) is 49.7 Å². The number of ether oxygens (including phenoxy) is 1. The van der Waals surface area contributed by atoms with Crippen LogP contribution in [-0.2, 0) is 4.74 Å². The summed E-state index contributed by atoms with van der Waals surface area (Å²) in [7, 11) is 0. The lowest BCUT2D eigenvalue weighted by atomic mass is 9.63. The Labute approximate surface area is 170 Å². The van der Waals surface area contributed by atoms with E-state index in [-0.39, 0.29) is 17.3 Å². The zero-order valence-corrected chi connectivity index (χ0v) is 18.2. The zero-order chi connectivity index (χ0) is 20.3. The minimum atomic E-state index is -1.17. The minimum Gasteiger partial charge on any atom is -0.390 e. The Morgan fingerprint density at radius 2 is 2.00 bits per heavy atom. The first-order valence-corrected chi connectivity index (χ1v) is 11.2. The highest BCUT2D eigenvalue weighted by Crippen LogP contribution is 2.63. The van der Waals surface area contributed by atoms with Gasteiger partial charge in [0.15, 0.2) is 5.79 Å². The van der Waals surface area contributed by atoms with E-state index in [4.69, 9.17) is 4.74 Å². The molecule has 2 N–H and O–H groups in total. The fourth-order valence-corrected chi connectivity index (χ4v) is 7.03. The lowest BCUT2D eigenvalue weighted by Crippen LogP contribution is -2.40. The van der Waals surface area contributed by atoms with E-state index in [2.05, 4.69) is 52.0 Å². The number of allylic oxidation sites excluding steroid dienone is 5. The van der Waals surface area contributed by atoms with Gasteiger partial charge in [0.1, 0.15) is 0 Å². The largest absolute Gasteiger partial charge is 0.390 e.